The number of benzene rings is 1. The average molecular weight is 225 g/mol. The average Bonchev–Trinajstić information content (AvgIpc) is 2.24. The molecule has 88 valence electrons. The molecule has 1 aromatic rings. The number of hydrogen-bond donors (Lipinski definition) is 2. The predicted molar refractivity (Wildman–Crippen MR) is 59.8 cm³/mol. The van der Waals surface area contributed by atoms with Gasteiger partial charge in [-0.2, -0.15) is 0 Å². The fraction of sp³-hybridized carbons (Fsp3) is 0.417. The highest BCUT2D eigenvalue weighted by Gasteiger charge is 2.12. The Bertz CT molecular complexity index is 355. The van der Waals surface area contributed by atoms with Crippen molar-refractivity contribution in [1.29, 1.82) is 0 Å². The zero-order valence-electron chi connectivity index (χ0n) is 9.46. The van der Waals surface area contributed by atoms with Crippen molar-refractivity contribution in [2.24, 2.45) is 0 Å². The Morgan fingerprint density at radius 2 is 2.19 bits per heavy atom. The zero-order chi connectivity index (χ0) is 12.1. The van der Waals surface area contributed by atoms with Crippen molar-refractivity contribution < 1.29 is 14.3 Å². The third-order valence-corrected chi connectivity index (χ3v) is 2.35. The monoisotopic (exact) mass is 225 g/mol. The maximum Gasteiger partial charge on any atom is 0.251 e. The summed E-state index contributed by atoms with van der Waals surface area (Å²) in [5.41, 5.74) is 0.978. The summed E-state index contributed by atoms with van der Waals surface area (Å²) in [5.74, 6) is -0.786. The van der Waals surface area contributed by atoms with Gasteiger partial charge in [0.2, 0.25) is 0 Å². The predicted octanol–water partition coefficient (Wildman–Crippen LogP) is 1.63. The molecule has 1 amide bonds. The fourth-order valence-electron chi connectivity index (χ4n) is 1.41. The minimum atomic E-state index is -0.429. The fourth-order valence-corrected chi connectivity index (χ4v) is 1.41. The SMILES string of the molecule is CC[C@@H](CO)NC(=O)c1cc(C)cc(F)c1. The number of carbonyl (C=O) groups excluding carboxylic acids is 1. The summed E-state index contributed by atoms with van der Waals surface area (Å²) in [6, 6.07) is 3.88. The molecule has 4 heteroatoms. The molecule has 0 spiro atoms. The summed E-state index contributed by atoms with van der Waals surface area (Å²) in [7, 11) is 0. The molecule has 1 rings (SSSR count). The van der Waals surface area contributed by atoms with E-state index in [4.69, 9.17) is 5.11 Å². The van der Waals surface area contributed by atoms with E-state index in [0.717, 1.165) is 0 Å². The molecule has 3 nitrogen and oxygen atoms in total. The summed E-state index contributed by atoms with van der Waals surface area (Å²) in [5, 5.41) is 11.6. The van der Waals surface area contributed by atoms with Crippen LogP contribution in [-0.2, 0) is 0 Å². The number of carbonyl (C=O) groups is 1. The van der Waals surface area contributed by atoms with Crippen LogP contribution in [0.3, 0.4) is 0 Å². The van der Waals surface area contributed by atoms with Gasteiger partial charge in [0.05, 0.1) is 12.6 Å². The van der Waals surface area contributed by atoms with Gasteiger partial charge in [0.15, 0.2) is 0 Å². The molecule has 0 heterocycles. The molecule has 1 aromatic carbocycles. The van der Waals surface area contributed by atoms with E-state index in [1.165, 1.54) is 12.1 Å². The zero-order valence-corrected chi connectivity index (χ0v) is 9.46. The lowest BCUT2D eigenvalue weighted by molar-refractivity contribution is 0.0914. The molecular weight excluding hydrogens is 209 g/mol. The van der Waals surface area contributed by atoms with Crippen LogP contribution in [0.15, 0.2) is 18.2 Å². The van der Waals surface area contributed by atoms with Crippen LogP contribution in [0.1, 0.15) is 29.3 Å². The molecule has 0 radical (unpaired) electrons. The Kier molecular flexibility index (Phi) is 4.43. The number of amides is 1. The van der Waals surface area contributed by atoms with E-state index < -0.39 is 5.82 Å². The van der Waals surface area contributed by atoms with Gasteiger partial charge in [-0.05, 0) is 37.1 Å². The second-order valence-electron chi connectivity index (χ2n) is 3.78. The van der Waals surface area contributed by atoms with Crippen LogP contribution in [0.25, 0.3) is 0 Å². The minimum Gasteiger partial charge on any atom is -0.394 e. The molecule has 0 saturated carbocycles. The van der Waals surface area contributed by atoms with Gasteiger partial charge < -0.3 is 10.4 Å². The molecule has 1 atom stereocenters. The summed E-state index contributed by atoms with van der Waals surface area (Å²) >= 11 is 0. The Morgan fingerprint density at radius 1 is 1.50 bits per heavy atom. The highest BCUT2D eigenvalue weighted by molar-refractivity contribution is 5.94. The molecular formula is C12H16FNO2. The summed E-state index contributed by atoms with van der Waals surface area (Å²) in [4.78, 5) is 11.7. The van der Waals surface area contributed by atoms with Crippen LogP contribution < -0.4 is 5.32 Å². The molecule has 2 N–H and O–H groups in total. The summed E-state index contributed by atoms with van der Waals surface area (Å²) in [6.07, 6.45) is 0.635. The Labute approximate surface area is 94.3 Å². The van der Waals surface area contributed by atoms with E-state index >= 15 is 0 Å². The maximum absolute atomic E-state index is 13.1. The van der Waals surface area contributed by atoms with Gasteiger partial charge in [-0.3, -0.25) is 4.79 Å². The van der Waals surface area contributed by atoms with E-state index in [9.17, 15) is 9.18 Å². The highest BCUT2D eigenvalue weighted by atomic mass is 19.1. The molecule has 0 bridgehead atoms. The van der Waals surface area contributed by atoms with Crippen molar-refractivity contribution in [2.45, 2.75) is 26.3 Å². The van der Waals surface area contributed by atoms with Crippen LogP contribution in [0, 0.1) is 12.7 Å². The van der Waals surface area contributed by atoms with Crippen LogP contribution in [0.5, 0.6) is 0 Å². The molecule has 0 unspecified atom stereocenters. The van der Waals surface area contributed by atoms with E-state index in [-0.39, 0.29) is 24.1 Å². The van der Waals surface area contributed by atoms with Gasteiger partial charge in [0.25, 0.3) is 5.91 Å². The lowest BCUT2D eigenvalue weighted by atomic mass is 10.1. The van der Waals surface area contributed by atoms with E-state index in [2.05, 4.69) is 5.32 Å². The first kappa shape index (κ1) is 12.6. The van der Waals surface area contributed by atoms with Gasteiger partial charge in [0, 0.05) is 5.56 Å². The van der Waals surface area contributed by atoms with Gasteiger partial charge in [-0.25, -0.2) is 4.39 Å². The number of aliphatic hydroxyl groups is 1. The summed E-state index contributed by atoms with van der Waals surface area (Å²) < 4.78 is 13.1. The molecule has 0 saturated heterocycles. The lowest BCUT2D eigenvalue weighted by Crippen LogP contribution is -2.36. The molecule has 0 aromatic heterocycles. The number of aliphatic hydroxyl groups excluding tert-OH is 1. The number of rotatable bonds is 4. The molecule has 0 fully saturated rings. The van der Waals surface area contributed by atoms with Crippen LogP contribution in [-0.4, -0.2) is 23.7 Å². The molecule has 16 heavy (non-hydrogen) atoms. The molecule has 0 aliphatic carbocycles. The smallest absolute Gasteiger partial charge is 0.251 e. The maximum atomic E-state index is 13.1. The van der Waals surface area contributed by atoms with Gasteiger partial charge in [-0.1, -0.05) is 6.92 Å². The normalized spacial score (nSPS) is 12.2. The topological polar surface area (TPSA) is 49.3 Å². The lowest BCUT2D eigenvalue weighted by Gasteiger charge is -2.14. The van der Waals surface area contributed by atoms with Gasteiger partial charge in [-0.15, -0.1) is 0 Å². The second-order valence-corrected chi connectivity index (χ2v) is 3.78. The standard InChI is InChI=1S/C12H16FNO2/c1-3-11(7-15)14-12(16)9-4-8(2)5-10(13)6-9/h4-6,11,15H,3,7H2,1-2H3,(H,14,16)/t11-/m0/s1. The van der Waals surface area contributed by atoms with Crippen LogP contribution >= 0.6 is 0 Å². The van der Waals surface area contributed by atoms with Crippen molar-refractivity contribution in [3.8, 4) is 0 Å². The Morgan fingerprint density at radius 3 is 2.69 bits per heavy atom. The van der Waals surface area contributed by atoms with Crippen molar-refractivity contribution >= 4 is 5.91 Å². The third-order valence-electron chi connectivity index (χ3n) is 2.35. The van der Waals surface area contributed by atoms with Gasteiger partial charge >= 0.3 is 0 Å². The van der Waals surface area contributed by atoms with Crippen molar-refractivity contribution in [3.63, 3.8) is 0 Å². The van der Waals surface area contributed by atoms with Crippen molar-refractivity contribution in [3.05, 3.63) is 35.1 Å². The van der Waals surface area contributed by atoms with Crippen LogP contribution in [0.4, 0.5) is 4.39 Å². The third kappa shape index (κ3) is 3.31. The quantitative estimate of drug-likeness (QED) is 0.818. The molecule has 0 aliphatic heterocycles. The first-order chi connectivity index (χ1) is 7.56. The highest BCUT2D eigenvalue weighted by Crippen LogP contribution is 2.08. The first-order valence-electron chi connectivity index (χ1n) is 5.25. The van der Waals surface area contributed by atoms with E-state index in [1.807, 2.05) is 6.92 Å². The Balaban J connectivity index is 2.80. The molecule has 0 aliphatic rings. The Hall–Kier alpha value is -1.42. The van der Waals surface area contributed by atoms with Gasteiger partial charge in [0.1, 0.15) is 5.82 Å². The van der Waals surface area contributed by atoms with Crippen molar-refractivity contribution in [1.82, 2.24) is 5.32 Å². The van der Waals surface area contributed by atoms with E-state index in [0.29, 0.717) is 12.0 Å². The van der Waals surface area contributed by atoms with E-state index in [1.54, 1.807) is 13.0 Å². The van der Waals surface area contributed by atoms with Crippen LogP contribution in [0.2, 0.25) is 0 Å². The number of halogens is 1. The second kappa shape index (κ2) is 5.61. The number of nitrogens with one attached hydrogen (secondary N) is 1. The summed E-state index contributed by atoms with van der Waals surface area (Å²) in [6.45, 7) is 3.47. The largest absolute Gasteiger partial charge is 0.394 e. The minimum absolute atomic E-state index is 0.115. The number of hydrogen-bond acceptors (Lipinski definition) is 2. The first-order valence-corrected chi connectivity index (χ1v) is 5.25. The number of aryl methyl sites for hydroxylation is 1. The van der Waals surface area contributed by atoms with Crippen molar-refractivity contribution in [2.75, 3.05) is 6.61 Å².